The molecule has 0 aliphatic carbocycles. The molecule has 150 valence electrons. The highest BCUT2D eigenvalue weighted by Crippen LogP contribution is 2.23. The van der Waals surface area contributed by atoms with Crippen molar-refractivity contribution in [3.63, 3.8) is 0 Å². The first-order valence-corrected chi connectivity index (χ1v) is 10.3. The molecule has 3 aromatic rings. The number of benzene rings is 2. The van der Waals surface area contributed by atoms with Gasteiger partial charge in [-0.2, -0.15) is 5.26 Å². The van der Waals surface area contributed by atoms with Gasteiger partial charge in [-0.3, -0.25) is 4.79 Å². The van der Waals surface area contributed by atoms with Crippen molar-refractivity contribution in [3.05, 3.63) is 89.6 Å². The smallest absolute Gasteiger partial charge is 0.255 e. The van der Waals surface area contributed by atoms with Crippen molar-refractivity contribution in [1.82, 2.24) is 9.88 Å². The first-order chi connectivity index (χ1) is 14.7. The monoisotopic (exact) mass is 396 g/mol. The number of pyridine rings is 1. The van der Waals surface area contributed by atoms with Gasteiger partial charge in [0.2, 0.25) is 0 Å². The molecule has 1 saturated heterocycles. The minimum absolute atomic E-state index is 0.0321. The Balaban J connectivity index is 1.33. The molecule has 1 aliphatic rings. The van der Waals surface area contributed by atoms with Crippen LogP contribution in [0.25, 0.3) is 0 Å². The molecule has 2 heterocycles. The molecule has 30 heavy (non-hydrogen) atoms. The Hall–Kier alpha value is -3.65. The van der Waals surface area contributed by atoms with Crippen molar-refractivity contribution in [2.75, 3.05) is 18.4 Å². The van der Waals surface area contributed by atoms with Crippen molar-refractivity contribution in [2.24, 2.45) is 5.92 Å². The second-order valence-corrected chi connectivity index (χ2v) is 7.64. The second-order valence-electron chi connectivity index (χ2n) is 7.64. The summed E-state index contributed by atoms with van der Waals surface area (Å²) in [6.45, 7) is 1.57. The predicted molar refractivity (Wildman–Crippen MR) is 117 cm³/mol. The molecule has 1 aromatic heterocycles. The lowest BCUT2D eigenvalue weighted by Crippen LogP contribution is -2.38. The summed E-state index contributed by atoms with van der Waals surface area (Å²) in [6.07, 6.45) is 4.74. The SMILES string of the molecule is N#Cc1ccccc1Nc1ccc(C(=O)N2CCC(Cc3ccccc3)CC2)cn1. The fraction of sp³-hybridized carbons (Fsp3) is 0.240. The number of carbonyl (C=O) groups excluding carboxylic acids is 1. The van der Waals surface area contributed by atoms with Crippen LogP contribution in [0.4, 0.5) is 11.5 Å². The molecule has 1 aliphatic heterocycles. The van der Waals surface area contributed by atoms with Gasteiger partial charge in [0.1, 0.15) is 11.9 Å². The summed E-state index contributed by atoms with van der Waals surface area (Å²) in [6, 6.07) is 23.6. The largest absolute Gasteiger partial charge is 0.339 e. The summed E-state index contributed by atoms with van der Waals surface area (Å²) in [5, 5.41) is 12.3. The summed E-state index contributed by atoms with van der Waals surface area (Å²) >= 11 is 0. The zero-order valence-electron chi connectivity index (χ0n) is 16.8. The lowest BCUT2D eigenvalue weighted by atomic mass is 9.90. The molecular formula is C25H24N4O. The third-order valence-electron chi connectivity index (χ3n) is 5.59. The topological polar surface area (TPSA) is 69.0 Å². The number of anilines is 2. The number of para-hydroxylation sites is 1. The average molecular weight is 396 g/mol. The number of nitriles is 1. The minimum Gasteiger partial charge on any atom is -0.339 e. The molecule has 5 nitrogen and oxygen atoms in total. The lowest BCUT2D eigenvalue weighted by molar-refractivity contribution is 0.0690. The van der Waals surface area contributed by atoms with Gasteiger partial charge < -0.3 is 10.2 Å². The Morgan fingerprint density at radius 1 is 1.03 bits per heavy atom. The van der Waals surface area contributed by atoms with Gasteiger partial charge in [0.15, 0.2) is 0 Å². The van der Waals surface area contributed by atoms with E-state index < -0.39 is 0 Å². The molecule has 2 aromatic carbocycles. The van der Waals surface area contributed by atoms with E-state index in [0.717, 1.165) is 32.4 Å². The third-order valence-corrected chi connectivity index (χ3v) is 5.59. The molecule has 1 N–H and O–H groups in total. The van der Waals surface area contributed by atoms with E-state index >= 15 is 0 Å². The van der Waals surface area contributed by atoms with Gasteiger partial charge in [-0.05, 0) is 55.0 Å². The number of carbonyl (C=O) groups is 1. The summed E-state index contributed by atoms with van der Waals surface area (Å²) in [5.41, 5.74) is 3.22. The molecule has 1 amide bonds. The zero-order valence-corrected chi connectivity index (χ0v) is 16.8. The van der Waals surface area contributed by atoms with Gasteiger partial charge in [0.05, 0.1) is 16.8 Å². The van der Waals surface area contributed by atoms with E-state index in [9.17, 15) is 10.1 Å². The Bertz CT molecular complexity index is 1030. The average Bonchev–Trinajstić information content (AvgIpc) is 2.81. The molecule has 1 fully saturated rings. The number of likely N-dealkylation sites (tertiary alicyclic amines) is 1. The predicted octanol–water partition coefficient (Wildman–Crippen LogP) is 4.79. The molecule has 0 spiro atoms. The fourth-order valence-corrected chi connectivity index (χ4v) is 3.89. The van der Waals surface area contributed by atoms with E-state index in [1.54, 1.807) is 24.4 Å². The maximum Gasteiger partial charge on any atom is 0.255 e. The van der Waals surface area contributed by atoms with Gasteiger partial charge in [-0.15, -0.1) is 0 Å². The quantitative estimate of drug-likeness (QED) is 0.673. The third kappa shape index (κ3) is 4.66. The van der Waals surface area contributed by atoms with Crippen LogP contribution in [0, 0.1) is 17.2 Å². The van der Waals surface area contributed by atoms with Crippen LogP contribution in [0.15, 0.2) is 72.9 Å². The van der Waals surface area contributed by atoms with E-state index in [0.29, 0.717) is 28.6 Å². The van der Waals surface area contributed by atoms with Crippen LogP contribution in [-0.4, -0.2) is 28.9 Å². The zero-order chi connectivity index (χ0) is 20.8. The Labute approximate surface area is 177 Å². The molecule has 0 radical (unpaired) electrons. The van der Waals surface area contributed by atoms with Crippen molar-refractivity contribution in [2.45, 2.75) is 19.3 Å². The summed E-state index contributed by atoms with van der Waals surface area (Å²) < 4.78 is 0. The van der Waals surface area contributed by atoms with Crippen LogP contribution >= 0.6 is 0 Å². The van der Waals surface area contributed by atoms with Gasteiger partial charge in [-0.25, -0.2) is 4.98 Å². The number of amides is 1. The van der Waals surface area contributed by atoms with Crippen LogP contribution < -0.4 is 5.32 Å². The first kappa shape index (κ1) is 19.7. The number of nitrogens with zero attached hydrogens (tertiary/aromatic N) is 3. The molecule has 0 saturated carbocycles. The molecule has 0 unspecified atom stereocenters. The number of hydrogen-bond acceptors (Lipinski definition) is 4. The second kappa shape index (κ2) is 9.23. The molecule has 4 rings (SSSR count). The number of nitrogens with one attached hydrogen (secondary N) is 1. The van der Waals surface area contributed by atoms with E-state index in [1.165, 1.54) is 5.56 Å². The van der Waals surface area contributed by atoms with E-state index in [2.05, 4.69) is 40.6 Å². The number of piperidine rings is 1. The van der Waals surface area contributed by atoms with E-state index in [1.807, 2.05) is 29.2 Å². The highest BCUT2D eigenvalue weighted by molar-refractivity contribution is 5.94. The van der Waals surface area contributed by atoms with Crippen molar-refractivity contribution in [1.29, 1.82) is 5.26 Å². The first-order valence-electron chi connectivity index (χ1n) is 10.3. The Morgan fingerprint density at radius 2 is 1.77 bits per heavy atom. The minimum atomic E-state index is 0.0321. The van der Waals surface area contributed by atoms with E-state index in [4.69, 9.17) is 0 Å². The fourth-order valence-electron chi connectivity index (χ4n) is 3.89. The Kier molecular flexibility index (Phi) is 6.05. The molecule has 5 heteroatoms. The van der Waals surface area contributed by atoms with Gasteiger partial charge in [0.25, 0.3) is 5.91 Å². The Morgan fingerprint density at radius 3 is 2.47 bits per heavy atom. The van der Waals surface area contributed by atoms with Crippen molar-refractivity contribution >= 4 is 17.4 Å². The molecular weight excluding hydrogens is 372 g/mol. The molecule has 0 atom stereocenters. The van der Waals surface area contributed by atoms with Crippen molar-refractivity contribution < 1.29 is 4.79 Å². The summed E-state index contributed by atoms with van der Waals surface area (Å²) in [5.74, 6) is 1.27. The highest BCUT2D eigenvalue weighted by atomic mass is 16.2. The van der Waals surface area contributed by atoms with Crippen LogP contribution in [-0.2, 0) is 6.42 Å². The van der Waals surface area contributed by atoms with Crippen LogP contribution in [0.1, 0.15) is 34.3 Å². The van der Waals surface area contributed by atoms with Crippen LogP contribution in [0.5, 0.6) is 0 Å². The highest BCUT2D eigenvalue weighted by Gasteiger charge is 2.24. The molecule has 0 bridgehead atoms. The number of rotatable bonds is 5. The van der Waals surface area contributed by atoms with Gasteiger partial charge in [-0.1, -0.05) is 42.5 Å². The lowest BCUT2D eigenvalue weighted by Gasteiger charge is -2.32. The summed E-state index contributed by atoms with van der Waals surface area (Å²) in [4.78, 5) is 19.2. The maximum absolute atomic E-state index is 12.9. The van der Waals surface area contributed by atoms with Crippen molar-refractivity contribution in [3.8, 4) is 6.07 Å². The van der Waals surface area contributed by atoms with Crippen LogP contribution in [0.2, 0.25) is 0 Å². The van der Waals surface area contributed by atoms with Gasteiger partial charge in [0, 0.05) is 19.3 Å². The number of aromatic nitrogens is 1. The van der Waals surface area contributed by atoms with Crippen LogP contribution in [0.3, 0.4) is 0 Å². The van der Waals surface area contributed by atoms with E-state index in [-0.39, 0.29) is 5.91 Å². The summed E-state index contributed by atoms with van der Waals surface area (Å²) in [7, 11) is 0. The van der Waals surface area contributed by atoms with Gasteiger partial charge >= 0.3 is 0 Å². The number of hydrogen-bond donors (Lipinski definition) is 1. The maximum atomic E-state index is 12.9. The standard InChI is InChI=1S/C25H24N4O/c26-17-21-8-4-5-9-23(21)28-24-11-10-22(18-27-24)25(30)29-14-12-20(13-15-29)16-19-6-2-1-3-7-19/h1-11,18,20H,12-16H2,(H,27,28). The normalized spacial score (nSPS) is 14.2.